The number of rotatable bonds is 1. The zero-order valence-corrected chi connectivity index (χ0v) is 13.6. The molecule has 5 nitrogen and oxygen atoms in total. The summed E-state index contributed by atoms with van der Waals surface area (Å²) in [5.41, 5.74) is 1.51. The first-order valence-electron chi connectivity index (χ1n) is 7.07. The highest BCUT2D eigenvalue weighted by Gasteiger charge is 2.42. The molecular formula is C14H15F3N4OS. The Morgan fingerprint density at radius 2 is 2.00 bits per heavy atom. The average Bonchev–Trinajstić information content (AvgIpc) is 3.04. The molecule has 3 heterocycles. The summed E-state index contributed by atoms with van der Waals surface area (Å²) < 4.78 is 39.8. The number of fused-ring (bicyclic) bond motifs is 1. The standard InChI is InChI=1S/C14H15F3N4OS/c1-7-9(3)23-6-10(7)12(22)20-4-5-21-11(8(20)2)18-19-13(21)14(15,16)17/h6,8H,4-5H2,1-3H3. The number of aryl methyl sites for hydroxylation is 1. The predicted molar refractivity (Wildman–Crippen MR) is 78.3 cm³/mol. The van der Waals surface area contributed by atoms with Crippen molar-refractivity contribution in [1.29, 1.82) is 0 Å². The van der Waals surface area contributed by atoms with Gasteiger partial charge in [-0.3, -0.25) is 4.79 Å². The van der Waals surface area contributed by atoms with E-state index in [1.807, 2.05) is 13.8 Å². The van der Waals surface area contributed by atoms with Crippen LogP contribution in [0, 0.1) is 13.8 Å². The molecule has 2 aromatic rings. The largest absolute Gasteiger partial charge is 0.451 e. The second kappa shape index (κ2) is 5.33. The summed E-state index contributed by atoms with van der Waals surface area (Å²) in [5.74, 6) is -1.02. The van der Waals surface area contributed by atoms with Gasteiger partial charge in [-0.05, 0) is 26.3 Å². The summed E-state index contributed by atoms with van der Waals surface area (Å²) in [4.78, 5) is 15.3. The van der Waals surface area contributed by atoms with Crippen molar-refractivity contribution < 1.29 is 18.0 Å². The van der Waals surface area contributed by atoms with Gasteiger partial charge in [0.1, 0.15) is 0 Å². The van der Waals surface area contributed by atoms with E-state index in [-0.39, 0.29) is 24.8 Å². The van der Waals surface area contributed by atoms with Crippen molar-refractivity contribution >= 4 is 17.2 Å². The number of amides is 1. The lowest BCUT2D eigenvalue weighted by atomic mass is 10.1. The molecule has 0 aliphatic carbocycles. The smallest absolute Gasteiger partial charge is 0.327 e. The van der Waals surface area contributed by atoms with Crippen LogP contribution in [0.2, 0.25) is 0 Å². The molecule has 1 atom stereocenters. The zero-order chi connectivity index (χ0) is 16.9. The minimum Gasteiger partial charge on any atom is -0.327 e. The summed E-state index contributed by atoms with van der Waals surface area (Å²) in [6.07, 6.45) is -4.54. The van der Waals surface area contributed by atoms with E-state index >= 15 is 0 Å². The lowest BCUT2D eigenvalue weighted by molar-refractivity contribution is -0.148. The number of hydrogen-bond acceptors (Lipinski definition) is 4. The molecule has 0 fully saturated rings. The van der Waals surface area contributed by atoms with Crippen molar-refractivity contribution in [3.05, 3.63) is 33.0 Å². The van der Waals surface area contributed by atoms with E-state index < -0.39 is 18.0 Å². The van der Waals surface area contributed by atoms with E-state index in [0.717, 1.165) is 15.0 Å². The van der Waals surface area contributed by atoms with Gasteiger partial charge in [0.25, 0.3) is 5.91 Å². The molecule has 3 rings (SSSR count). The number of carbonyl (C=O) groups excluding carboxylic acids is 1. The van der Waals surface area contributed by atoms with Gasteiger partial charge in [0.15, 0.2) is 5.82 Å². The van der Waals surface area contributed by atoms with Crippen LogP contribution in [-0.2, 0) is 12.7 Å². The Labute approximate surface area is 134 Å². The van der Waals surface area contributed by atoms with Crippen LogP contribution in [0.3, 0.4) is 0 Å². The normalized spacial score (nSPS) is 18.2. The van der Waals surface area contributed by atoms with Crippen LogP contribution in [-0.4, -0.2) is 32.1 Å². The molecular weight excluding hydrogens is 329 g/mol. The summed E-state index contributed by atoms with van der Waals surface area (Å²) in [5, 5.41) is 8.71. The molecule has 1 amide bonds. The van der Waals surface area contributed by atoms with Crippen molar-refractivity contribution in [3.8, 4) is 0 Å². The van der Waals surface area contributed by atoms with Gasteiger partial charge in [0.2, 0.25) is 5.82 Å². The van der Waals surface area contributed by atoms with Crippen molar-refractivity contribution in [2.24, 2.45) is 0 Å². The Morgan fingerprint density at radius 1 is 1.30 bits per heavy atom. The maximum absolute atomic E-state index is 12.9. The molecule has 0 spiro atoms. The molecule has 23 heavy (non-hydrogen) atoms. The van der Waals surface area contributed by atoms with Crippen molar-refractivity contribution in [2.45, 2.75) is 39.5 Å². The van der Waals surface area contributed by atoms with Crippen LogP contribution < -0.4 is 0 Å². The Bertz CT molecular complexity index is 765. The third-order valence-corrected chi connectivity index (χ3v) is 5.23. The van der Waals surface area contributed by atoms with Crippen LogP contribution in [0.15, 0.2) is 5.38 Å². The first kappa shape index (κ1) is 16.0. The maximum Gasteiger partial charge on any atom is 0.451 e. The Kier molecular flexibility index (Phi) is 3.70. The maximum atomic E-state index is 12.9. The van der Waals surface area contributed by atoms with Crippen LogP contribution in [0.4, 0.5) is 13.2 Å². The van der Waals surface area contributed by atoms with E-state index in [1.165, 1.54) is 11.3 Å². The summed E-state index contributed by atoms with van der Waals surface area (Å²) in [6, 6.07) is -0.556. The number of halogens is 3. The van der Waals surface area contributed by atoms with Crippen LogP contribution >= 0.6 is 11.3 Å². The number of hydrogen-bond donors (Lipinski definition) is 0. The van der Waals surface area contributed by atoms with Crippen LogP contribution in [0.25, 0.3) is 0 Å². The third-order valence-electron chi connectivity index (χ3n) is 4.22. The molecule has 0 saturated carbocycles. The molecule has 0 bridgehead atoms. The first-order chi connectivity index (χ1) is 10.7. The minimum absolute atomic E-state index is 0.0371. The fourth-order valence-electron chi connectivity index (χ4n) is 2.75. The van der Waals surface area contributed by atoms with Gasteiger partial charge in [0, 0.05) is 23.3 Å². The first-order valence-corrected chi connectivity index (χ1v) is 7.95. The summed E-state index contributed by atoms with van der Waals surface area (Å²) in [6.45, 7) is 5.71. The Balaban J connectivity index is 1.93. The van der Waals surface area contributed by atoms with E-state index in [4.69, 9.17) is 0 Å². The number of aromatic nitrogens is 3. The fraction of sp³-hybridized carbons (Fsp3) is 0.500. The van der Waals surface area contributed by atoms with Gasteiger partial charge in [-0.2, -0.15) is 13.2 Å². The third kappa shape index (κ3) is 2.52. The van der Waals surface area contributed by atoms with Crippen LogP contribution in [0.1, 0.15) is 45.4 Å². The van der Waals surface area contributed by atoms with E-state index in [9.17, 15) is 18.0 Å². The fourth-order valence-corrected chi connectivity index (χ4v) is 3.61. The lowest BCUT2D eigenvalue weighted by Crippen LogP contribution is -2.42. The topological polar surface area (TPSA) is 51.0 Å². The highest BCUT2D eigenvalue weighted by molar-refractivity contribution is 7.10. The van der Waals surface area contributed by atoms with E-state index in [0.29, 0.717) is 5.56 Å². The van der Waals surface area contributed by atoms with Crippen LogP contribution in [0.5, 0.6) is 0 Å². The highest BCUT2D eigenvalue weighted by atomic mass is 32.1. The molecule has 0 radical (unpaired) electrons. The number of alkyl halides is 3. The van der Waals surface area contributed by atoms with Gasteiger partial charge in [-0.1, -0.05) is 0 Å². The average molecular weight is 344 g/mol. The monoisotopic (exact) mass is 344 g/mol. The summed E-state index contributed by atoms with van der Waals surface area (Å²) >= 11 is 1.49. The van der Waals surface area contributed by atoms with Crippen molar-refractivity contribution in [1.82, 2.24) is 19.7 Å². The quantitative estimate of drug-likeness (QED) is 0.798. The van der Waals surface area contributed by atoms with Gasteiger partial charge in [0.05, 0.1) is 11.6 Å². The number of thiophene rings is 1. The molecule has 0 saturated heterocycles. The molecule has 0 aromatic carbocycles. The Morgan fingerprint density at radius 3 is 2.57 bits per heavy atom. The predicted octanol–water partition coefficient (Wildman–Crippen LogP) is 3.19. The molecule has 1 unspecified atom stereocenters. The van der Waals surface area contributed by atoms with Gasteiger partial charge in [-0.15, -0.1) is 21.5 Å². The second-order valence-corrected chi connectivity index (χ2v) is 6.62. The van der Waals surface area contributed by atoms with Gasteiger partial charge >= 0.3 is 6.18 Å². The van der Waals surface area contributed by atoms with E-state index in [2.05, 4.69) is 10.2 Å². The van der Waals surface area contributed by atoms with Crippen molar-refractivity contribution in [3.63, 3.8) is 0 Å². The second-order valence-electron chi connectivity index (χ2n) is 5.54. The van der Waals surface area contributed by atoms with Gasteiger partial charge < -0.3 is 9.47 Å². The molecule has 2 aromatic heterocycles. The number of carbonyl (C=O) groups is 1. The Hall–Kier alpha value is -1.90. The molecule has 1 aliphatic rings. The molecule has 124 valence electrons. The van der Waals surface area contributed by atoms with Gasteiger partial charge in [-0.25, -0.2) is 0 Å². The highest BCUT2D eigenvalue weighted by Crippen LogP contribution is 2.34. The van der Waals surface area contributed by atoms with E-state index in [1.54, 1.807) is 17.2 Å². The number of nitrogens with zero attached hydrogens (tertiary/aromatic N) is 4. The van der Waals surface area contributed by atoms with Crippen molar-refractivity contribution in [2.75, 3.05) is 6.54 Å². The molecule has 9 heteroatoms. The molecule has 0 N–H and O–H groups in total. The summed E-state index contributed by atoms with van der Waals surface area (Å²) in [7, 11) is 0. The SMILES string of the molecule is Cc1scc(C(=O)N2CCn3c(nnc3C(F)(F)F)C2C)c1C. The zero-order valence-electron chi connectivity index (χ0n) is 12.8. The molecule has 1 aliphatic heterocycles. The minimum atomic E-state index is -4.54. The lowest BCUT2D eigenvalue weighted by Gasteiger charge is -2.33.